The van der Waals surface area contributed by atoms with Crippen LogP contribution in [0.4, 0.5) is 0 Å². The number of pyridine rings is 1. The second kappa shape index (κ2) is 4.92. The van der Waals surface area contributed by atoms with Crippen molar-refractivity contribution in [2.24, 2.45) is 5.73 Å². The highest BCUT2D eigenvalue weighted by molar-refractivity contribution is 7.13. The number of esters is 1. The molecule has 2 aromatic heterocycles. The van der Waals surface area contributed by atoms with E-state index in [0.29, 0.717) is 10.6 Å². The van der Waals surface area contributed by atoms with Gasteiger partial charge in [0, 0.05) is 30.3 Å². The molecule has 0 aliphatic carbocycles. The topological polar surface area (TPSA) is 95.2 Å². The number of hydrogen-bond donors (Lipinski definition) is 1. The van der Waals surface area contributed by atoms with E-state index in [1.165, 1.54) is 30.5 Å². The predicted molar refractivity (Wildman–Crippen MR) is 65.2 cm³/mol. The Bertz CT molecular complexity index is 596. The van der Waals surface area contributed by atoms with Crippen molar-refractivity contribution >= 4 is 23.2 Å². The van der Waals surface area contributed by atoms with Gasteiger partial charge < -0.3 is 10.5 Å². The second-order valence-electron chi connectivity index (χ2n) is 3.37. The maximum atomic E-state index is 11.2. The zero-order valence-electron chi connectivity index (χ0n) is 9.41. The van der Waals surface area contributed by atoms with Crippen LogP contribution in [0.15, 0.2) is 23.8 Å². The first kappa shape index (κ1) is 12.2. The molecule has 0 saturated heterocycles. The Morgan fingerprint density at radius 2 is 2.17 bits per heavy atom. The van der Waals surface area contributed by atoms with Crippen LogP contribution in [0.1, 0.15) is 17.4 Å². The van der Waals surface area contributed by atoms with Crippen molar-refractivity contribution < 1.29 is 14.3 Å². The number of ether oxygens (including phenoxy) is 1. The van der Waals surface area contributed by atoms with Crippen LogP contribution in [0.5, 0.6) is 5.75 Å². The first-order valence-corrected chi connectivity index (χ1v) is 5.84. The minimum absolute atomic E-state index is 0.0442. The molecule has 0 saturated carbocycles. The summed E-state index contributed by atoms with van der Waals surface area (Å²) in [7, 11) is 0. The van der Waals surface area contributed by atoms with E-state index in [-0.39, 0.29) is 11.4 Å². The Hall–Kier alpha value is -2.28. The van der Waals surface area contributed by atoms with Crippen LogP contribution in [0.25, 0.3) is 10.6 Å². The monoisotopic (exact) mass is 263 g/mol. The molecule has 1 amide bonds. The van der Waals surface area contributed by atoms with Crippen molar-refractivity contribution in [2.75, 3.05) is 0 Å². The third-order valence-corrected chi connectivity index (χ3v) is 2.84. The van der Waals surface area contributed by atoms with E-state index in [4.69, 9.17) is 10.5 Å². The van der Waals surface area contributed by atoms with Crippen molar-refractivity contribution in [1.29, 1.82) is 0 Å². The van der Waals surface area contributed by atoms with Gasteiger partial charge in [-0.05, 0) is 6.07 Å². The lowest BCUT2D eigenvalue weighted by molar-refractivity contribution is -0.131. The summed E-state index contributed by atoms with van der Waals surface area (Å²) in [5.41, 5.74) is 5.73. The summed E-state index contributed by atoms with van der Waals surface area (Å²) in [4.78, 5) is 30.1. The number of aromatic nitrogens is 2. The number of nitrogens with two attached hydrogens (primary N) is 1. The van der Waals surface area contributed by atoms with Gasteiger partial charge in [-0.2, -0.15) is 0 Å². The number of carbonyl (C=O) groups is 2. The Kier molecular flexibility index (Phi) is 3.33. The summed E-state index contributed by atoms with van der Waals surface area (Å²) < 4.78 is 4.92. The first-order valence-electron chi connectivity index (χ1n) is 4.96. The molecule has 2 rings (SSSR count). The number of amides is 1. The van der Waals surface area contributed by atoms with Crippen molar-refractivity contribution in [3.05, 3.63) is 29.5 Å². The molecule has 2 N–H and O–H groups in total. The largest absolute Gasteiger partial charge is 0.424 e. The van der Waals surface area contributed by atoms with Gasteiger partial charge in [0.15, 0.2) is 11.4 Å². The van der Waals surface area contributed by atoms with Crippen LogP contribution in [0.2, 0.25) is 0 Å². The molecule has 7 heteroatoms. The summed E-state index contributed by atoms with van der Waals surface area (Å²) in [6, 6.07) is 1.52. The Labute approximate surface area is 106 Å². The van der Waals surface area contributed by atoms with Gasteiger partial charge in [0.25, 0.3) is 5.91 Å². The van der Waals surface area contributed by atoms with Crippen LogP contribution < -0.4 is 10.5 Å². The Morgan fingerprint density at radius 1 is 1.39 bits per heavy atom. The highest BCUT2D eigenvalue weighted by atomic mass is 32.1. The van der Waals surface area contributed by atoms with Crippen molar-refractivity contribution in [3.8, 4) is 16.3 Å². The molecule has 2 aromatic rings. The van der Waals surface area contributed by atoms with Gasteiger partial charge in [-0.3, -0.25) is 9.59 Å². The molecular formula is C11H9N3O3S. The zero-order valence-corrected chi connectivity index (χ0v) is 10.2. The predicted octanol–water partition coefficient (Wildman–Crippen LogP) is 1.23. The SMILES string of the molecule is CC(=O)Oc1cc(-c2nccs2)cnc1C(N)=O. The van der Waals surface area contributed by atoms with E-state index in [9.17, 15) is 9.59 Å². The molecule has 0 radical (unpaired) electrons. The third kappa shape index (κ3) is 2.51. The van der Waals surface area contributed by atoms with Crippen molar-refractivity contribution in [1.82, 2.24) is 9.97 Å². The highest BCUT2D eigenvalue weighted by Gasteiger charge is 2.15. The van der Waals surface area contributed by atoms with Crippen LogP contribution in [-0.4, -0.2) is 21.8 Å². The molecule has 0 spiro atoms. The van der Waals surface area contributed by atoms with E-state index in [0.717, 1.165) is 0 Å². The molecule has 18 heavy (non-hydrogen) atoms. The Morgan fingerprint density at radius 3 is 2.72 bits per heavy atom. The lowest BCUT2D eigenvalue weighted by Gasteiger charge is -2.06. The molecule has 2 heterocycles. The van der Waals surface area contributed by atoms with Crippen molar-refractivity contribution in [3.63, 3.8) is 0 Å². The molecule has 0 aliphatic heterocycles. The molecule has 0 aromatic carbocycles. The minimum atomic E-state index is -0.753. The van der Waals surface area contributed by atoms with E-state index in [2.05, 4.69) is 9.97 Å². The maximum Gasteiger partial charge on any atom is 0.308 e. The quantitative estimate of drug-likeness (QED) is 0.840. The van der Waals surface area contributed by atoms with Crippen LogP contribution in [-0.2, 0) is 4.79 Å². The Balaban J connectivity index is 2.48. The third-order valence-electron chi connectivity index (χ3n) is 2.02. The summed E-state index contributed by atoms with van der Waals surface area (Å²) in [6.07, 6.45) is 3.11. The van der Waals surface area contributed by atoms with Gasteiger partial charge in [0.2, 0.25) is 0 Å². The van der Waals surface area contributed by atoms with E-state index in [1.807, 2.05) is 5.38 Å². The highest BCUT2D eigenvalue weighted by Crippen LogP contribution is 2.26. The maximum absolute atomic E-state index is 11.2. The van der Waals surface area contributed by atoms with Gasteiger partial charge >= 0.3 is 5.97 Å². The van der Waals surface area contributed by atoms with E-state index < -0.39 is 11.9 Å². The summed E-state index contributed by atoms with van der Waals surface area (Å²) in [5, 5.41) is 2.52. The average Bonchev–Trinajstić information content (AvgIpc) is 2.81. The molecular weight excluding hydrogens is 254 g/mol. The molecule has 6 nitrogen and oxygen atoms in total. The van der Waals surface area contributed by atoms with Crippen molar-refractivity contribution in [2.45, 2.75) is 6.92 Å². The van der Waals surface area contributed by atoms with E-state index in [1.54, 1.807) is 6.20 Å². The molecule has 0 atom stereocenters. The normalized spacial score (nSPS) is 10.1. The molecule has 0 aliphatic rings. The average molecular weight is 263 g/mol. The second-order valence-corrected chi connectivity index (χ2v) is 4.26. The molecule has 0 unspecified atom stereocenters. The van der Waals surface area contributed by atoms with Crippen LogP contribution in [0, 0.1) is 0 Å². The number of thiazole rings is 1. The minimum Gasteiger partial charge on any atom is -0.424 e. The fraction of sp³-hybridized carbons (Fsp3) is 0.0909. The molecule has 0 bridgehead atoms. The fourth-order valence-corrected chi connectivity index (χ4v) is 1.97. The van der Waals surface area contributed by atoms with Crippen LogP contribution in [0.3, 0.4) is 0 Å². The zero-order chi connectivity index (χ0) is 13.1. The van der Waals surface area contributed by atoms with Gasteiger partial charge in [0.1, 0.15) is 5.01 Å². The van der Waals surface area contributed by atoms with E-state index >= 15 is 0 Å². The lowest BCUT2D eigenvalue weighted by Crippen LogP contribution is -2.16. The van der Waals surface area contributed by atoms with Crippen LogP contribution >= 0.6 is 11.3 Å². The number of primary amides is 1. The number of hydrogen-bond acceptors (Lipinski definition) is 6. The lowest BCUT2D eigenvalue weighted by atomic mass is 10.2. The fourth-order valence-electron chi connectivity index (χ4n) is 1.35. The number of nitrogens with zero attached hydrogens (tertiary/aromatic N) is 2. The number of rotatable bonds is 3. The standard InChI is InChI=1S/C11H9N3O3S/c1-6(15)17-8-4-7(11-13-2-3-18-11)5-14-9(8)10(12)16/h2-5H,1H3,(H2,12,16). The first-order chi connectivity index (χ1) is 8.58. The summed E-state index contributed by atoms with van der Waals surface area (Å²) >= 11 is 1.41. The number of carbonyl (C=O) groups excluding carboxylic acids is 2. The van der Waals surface area contributed by atoms with Gasteiger partial charge in [-0.25, -0.2) is 9.97 Å². The van der Waals surface area contributed by atoms with Gasteiger partial charge in [-0.15, -0.1) is 11.3 Å². The summed E-state index contributed by atoms with van der Waals surface area (Å²) in [5.74, 6) is -1.25. The summed E-state index contributed by atoms with van der Waals surface area (Å²) in [6.45, 7) is 1.24. The molecule has 0 fully saturated rings. The molecule has 92 valence electrons. The van der Waals surface area contributed by atoms with Gasteiger partial charge in [0.05, 0.1) is 0 Å². The smallest absolute Gasteiger partial charge is 0.308 e. The van der Waals surface area contributed by atoms with Gasteiger partial charge in [-0.1, -0.05) is 0 Å².